The second-order valence-electron chi connectivity index (χ2n) is 23.5. The van der Waals surface area contributed by atoms with Crippen LogP contribution >= 0.6 is 0 Å². The van der Waals surface area contributed by atoms with Crippen molar-refractivity contribution in [3.05, 3.63) is 188 Å². The topological polar surface area (TPSA) is 225 Å². The fourth-order valence-corrected chi connectivity index (χ4v) is 12.9. The first-order valence-corrected chi connectivity index (χ1v) is 31.0. The third-order valence-electron chi connectivity index (χ3n) is 17.5. The number of nitrogen functional groups attached to an aromatic ring is 2. The van der Waals surface area contributed by atoms with Gasteiger partial charge in [-0.1, -0.05) is 70.2 Å². The fraction of sp³-hybridized carbons (Fsp3) is 0.307. The summed E-state index contributed by atoms with van der Waals surface area (Å²) in [5, 5.41) is 2.45. The number of carbonyl (C=O) groups is 7. The van der Waals surface area contributed by atoms with Crippen molar-refractivity contribution in [3.8, 4) is 11.5 Å². The number of cyclic esters (lactones) is 2. The number of nitrogens with zero attached hydrogens (tertiary/aromatic N) is 5. The summed E-state index contributed by atoms with van der Waals surface area (Å²) in [6.07, 6.45) is 14.6. The lowest BCUT2D eigenvalue weighted by atomic mass is 9.81. The number of rotatable bonds is 10. The summed E-state index contributed by atoms with van der Waals surface area (Å²) >= 11 is 0. The normalized spacial score (nSPS) is 20.2. The quantitative estimate of drug-likeness (QED) is 0.0562. The monoisotopic (exact) mass is 1240 g/mol. The number of benzene rings is 7. The lowest BCUT2D eigenvalue weighted by Crippen LogP contribution is -2.30. The summed E-state index contributed by atoms with van der Waals surface area (Å²) in [5.74, 6) is -0.461. The van der Waals surface area contributed by atoms with Gasteiger partial charge in [0.25, 0.3) is 0 Å². The number of methoxy groups -OCH3 is 2. The smallest absolute Gasteiger partial charge is 0.317 e. The first-order chi connectivity index (χ1) is 44.6. The molecule has 4 amide bonds. The Labute approximate surface area is 539 Å². The molecule has 3 saturated carbocycles. The van der Waals surface area contributed by atoms with Crippen molar-refractivity contribution in [1.29, 1.82) is 0 Å². The van der Waals surface area contributed by atoms with Gasteiger partial charge in [-0.2, -0.15) is 0 Å². The highest BCUT2D eigenvalue weighted by Gasteiger charge is 2.50. The lowest BCUT2D eigenvalue weighted by Gasteiger charge is -2.27. The molecular weight excluding hydrogens is 1160 g/mol. The van der Waals surface area contributed by atoms with Gasteiger partial charge < -0.3 is 40.3 Å². The van der Waals surface area contributed by atoms with Crippen molar-refractivity contribution in [2.24, 2.45) is 35.5 Å². The maximum Gasteiger partial charge on any atom is 0.317 e. The number of aromatic nitrogens is 1. The highest BCUT2D eigenvalue weighted by molar-refractivity contribution is 6.23. The zero-order valence-corrected chi connectivity index (χ0v) is 51.5. The van der Waals surface area contributed by atoms with Crippen LogP contribution in [0.4, 0.5) is 56.9 Å². The van der Waals surface area contributed by atoms with E-state index in [1.807, 2.05) is 181 Å². The van der Waals surface area contributed by atoms with Crippen molar-refractivity contribution in [2.75, 3.05) is 45.3 Å². The summed E-state index contributed by atoms with van der Waals surface area (Å²) in [6.45, 7) is 1.31. The molecule has 3 saturated heterocycles. The maximum absolute atomic E-state index is 13.2. The molecule has 17 heteroatoms. The predicted molar refractivity (Wildman–Crippen MR) is 361 cm³/mol. The maximum atomic E-state index is 13.2. The van der Waals surface area contributed by atoms with Crippen LogP contribution in [0.2, 0.25) is 0 Å². The van der Waals surface area contributed by atoms with Crippen LogP contribution in [0.5, 0.6) is 11.5 Å². The third kappa shape index (κ3) is 15.2. The number of esters is 2. The van der Waals surface area contributed by atoms with Gasteiger partial charge in [-0.05, 0) is 215 Å². The van der Waals surface area contributed by atoms with Gasteiger partial charge >= 0.3 is 11.9 Å². The number of ketones is 1. The van der Waals surface area contributed by atoms with E-state index < -0.39 is 0 Å². The molecule has 0 bridgehead atoms. The fourth-order valence-electron chi connectivity index (χ4n) is 12.9. The largest absolute Gasteiger partial charge is 0.497 e. The Balaban J connectivity index is 0.000000168. The molecule has 92 heavy (non-hydrogen) atoms. The van der Waals surface area contributed by atoms with Crippen molar-refractivity contribution in [1.82, 2.24) is 4.98 Å². The molecule has 1 aromatic heterocycles. The number of pyridine rings is 1. The van der Waals surface area contributed by atoms with Crippen LogP contribution < -0.4 is 40.5 Å². The van der Waals surface area contributed by atoms with E-state index in [1.54, 1.807) is 14.2 Å². The van der Waals surface area contributed by atoms with E-state index in [0.29, 0.717) is 11.4 Å². The number of Topliss-reactive ketones (excluding diaryl/α,β-unsaturated/α-hetero) is 1. The summed E-state index contributed by atoms with van der Waals surface area (Å²) in [7, 11) is 3.28. The Hall–Kier alpha value is -10.2. The minimum Gasteiger partial charge on any atom is -0.497 e. The van der Waals surface area contributed by atoms with Gasteiger partial charge in [0.1, 0.15) is 17.3 Å². The number of ether oxygens (including phenoxy) is 3. The molecule has 17 nitrogen and oxygen atoms in total. The number of fused-ring (bicyclic) bond motifs is 4. The van der Waals surface area contributed by atoms with Crippen molar-refractivity contribution in [3.63, 3.8) is 0 Å². The molecule has 3 aliphatic heterocycles. The van der Waals surface area contributed by atoms with Gasteiger partial charge in [0, 0.05) is 59.3 Å². The number of imide groups is 2. The summed E-state index contributed by atoms with van der Waals surface area (Å²) in [6, 6.07) is 56.3. The van der Waals surface area contributed by atoms with Gasteiger partial charge in [-0.25, -0.2) is 0 Å². The molecular formula is C75H81N7O10. The molecule has 4 heterocycles. The Morgan fingerprint density at radius 2 is 0.750 bits per heavy atom. The molecule has 6 unspecified atom stereocenters. The number of hydrogen-bond donors (Lipinski definition) is 2. The molecule has 476 valence electrons. The van der Waals surface area contributed by atoms with E-state index in [0.717, 1.165) is 134 Å². The van der Waals surface area contributed by atoms with Gasteiger partial charge in [0.05, 0.1) is 61.1 Å². The van der Waals surface area contributed by atoms with E-state index in [-0.39, 0.29) is 91.2 Å². The molecule has 8 aromatic rings. The SMILES string of the molecule is C.COc1ccc(N(c2ccc(N)cc2)c2ccc(N)cc2)cc1.COc1ccc(N(c2ccc(N3C(=O)C4CCCCC4C3=O)cc2)c2ccc(N3C(=O)C4CCCCC4C3=O)cc2)cc1.O=C1OC(=O)C2CCCCC12.[2H]CC(C)=O.c1ccc2cnccc2c1. The van der Waals surface area contributed by atoms with E-state index >= 15 is 0 Å². The Morgan fingerprint density at radius 3 is 1.05 bits per heavy atom. The average molecular weight is 1240 g/mol. The number of hydrogen-bond acceptors (Lipinski definition) is 15. The lowest BCUT2D eigenvalue weighted by molar-refractivity contribution is -0.154. The van der Waals surface area contributed by atoms with E-state index in [2.05, 4.69) is 26.8 Å². The summed E-state index contributed by atoms with van der Waals surface area (Å²) < 4.78 is 21.4. The van der Waals surface area contributed by atoms with E-state index in [4.69, 9.17) is 22.3 Å². The van der Waals surface area contributed by atoms with Crippen LogP contribution in [0.3, 0.4) is 0 Å². The van der Waals surface area contributed by atoms with Gasteiger partial charge in [-0.3, -0.25) is 43.6 Å². The first kappa shape index (κ1) is 64.8. The molecule has 0 radical (unpaired) electrons. The molecule has 0 spiro atoms. The van der Waals surface area contributed by atoms with Crippen LogP contribution in [0.25, 0.3) is 10.8 Å². The summed E-state index contributed by atoms with van der Waals surface area (Å²) in [4.78, 5) is 95.2. The zero-order valence-electron chi connectivity index (χ0n) is 52.5. The number of amides is 4. The molecule has 4 N–H and O–H groups in total. The number of nitrogens with two attached hydrogens (primary N) is 2. The van der Waals surface area contributed by atoms with Gasteiger partial charge in [0.15, 0.2) is 0 Å². The van der Waals surface area contributed by atoms with Crippen LogP contribution in [0, 0.1) is 35.5 Å². The zero-order chi connectivity index (χ0) is 64.8. The number of anilines is 10. The molecule has 7 aromatic carbocycles. The van der Waals surface area contributed by atoms with Crippen molar-refractivity contribution >= 4 is 109 Å². The Morgan fingerprint density at radius 1 is 0.457 bits per heavy atom. The van der Waals surface area contributed by atoms with Crippen LogP contribution in [0.1, 0.15) is 99.7 Å². The van der Waals surface area contributed by atoms with Gasteiger partial charge in [0.2, 0.25) is 23.6 Å². The average Bonchev–Trinajstić information content (AvgIpc) is 1.67. The Bertz CT molecular complexity index is 3610. The van der Waals surface area contributed by atoms with Crippen LogP contribution in [0.15, 0.2) is 188 Å². The highest BCUT2D eigenvalue weighted by Crippen LogP contribution is 2.45. The van der Waals surface area contributed by atoms with E-state index in [9.17, 15) is 33.6 Å². The van der Waals surface area contributed by atoms with E-state index in [1.165, 1.54) is 27.5 Å². The van der Waals surface area contributed by atoms with Crippen LogP contribution in [-0.4, -0.2) is 60.6 Å². The Kier molecular flexibility index (Phi) is 21.5. The second-order valence-corrected chi connectivity index (χ2v) is 23.5. The van der Waals surface area contributed by atoms with Crippen LogP contribution in [-0.2, 0) is 38.3 Å². The summed E-state index contributed by atoms with van der Waals surface area (Å²) in [5.41, 5.74) is 19.9. The minimum atomic E-state index is -0.292. The first-order valence-electron chi connectivity index (χ1n) is 31.7. The highest BCUT2D eigenvalue weighted by atomic mass is 16.6. The minimum absolute atomic E-state index is 0. The molecule has 6 aliphatic rings. The van der Waals surface area contributed by atoms with Crippen molar-refractivity contribution < 1.29 is 49.1 Å². The molecule has 3 aliphatic carbocycles. The molecule has 14 rings (SSSR count). The van der Waals surface area contributed by atoms with Crippen molar-refractivity contribution in [2.45, 2.75) is 98.3 Å². The predicted octanol–water partition coefficient (Wildman–Crippen LogP) is 15.2. The molecule has 6 fully saturated rings. The standard InChI is InChI=1S/C35H35N3O5.C19H19N3O.C9H7N.C8H10O3.C3H6O.CH4/c1-43-27-20-18-24(19-21-27)36(22-10-14-25(15-11-22)37-32(39)28-6-2-3-7-29(28)33(37)40)23-12-16-26(17-13-23)38-34(41)30-8-4-5-9-31(30)35(38)42;1-23-19-12-10-18(11-13-19)22(16-6-2-14(20)3-7-16)17-8-4-15(21)5-9-17;1-2-4-9-7-10-6-5-8(9)3-1;9-7-5-3-1-2-4-6(5)8(10)11-7;1-3(2)4;/h10-21,28-31H,2-9H2,1H3;2-13H,20-21H2,1H3;1-7H;5-6H,1-4H2;1-2H3;1H4/i;;;;1D;. The third-order valence-corrected chi connectivity index (χ3v) is 17.5. The molecule has 6 atom stereocenters. The van der Waals surface area contributed by atoms with Gasteiger partial charge in [-0.15, -0.1) is 0 Å². The number of carbonyl (C=O) groups excluding carboxylic acids is 7. The second kappa shape index (κ2) is 30.6.